The molecule has 0 radical (unpaired) electrons. The Morgan fingerprint density at radius 3 is 2.73 bits per heavy atom. The Hall–Kier alpha value is -3.74. The topological polar surface area (TPSA) is 138 Å². The molecule has 3 aromatic rings. The third-order valence-electron chi connectivity index (χ3n) is 6.28. The van der Waals surface area contributed by atoms with Crippen LogP contribution in [0.1, 0.15) is 25.5 Å². The van der Waals surface area contributed by atoms with Crippen LogP contribution in [0, 0.1) is 11.2 Å². The molecule has 0 amide bonds. The molecule has 1 aromatic carbocycles. The maximum atomic E-state index is 13.6. The van der Waals surface area contributed by atoms with Gasteiger partial charge in [-0.15, -0.1) is 0 Å². The summed E-state index contributed by atoms with van der Waals surface area (Å²) in [5.41, 5.74) is 1.23. The number of imidazole rings is 1. The van der Waals surface area contributed by atoms with Gasteiger partial charge in [0.05, 0.1) is 37.0 Å². The van der Waals surface area contributed by atoms with E-state index < -0.39 is 17.7 Å². The Labute approximate surface area is 212 Å². The van der Waals surface area contributed by atoms with Crippen molar-refractivity contribution in [3.63, 3.8) is 0 Å². The lowest BCUT2D eigenvalue weighted by Gasteiger charge is -2.33. The molecule has 37 heavy (non-hydrogen) atoms. The first-order chi connectivity index (χ1) is 17.9. The SMILES string of the molecule is CC1(C(=O)O)COC(c2nc(-c3ccc(F)cc3)c(-c3ccnc(NCCCN4CC=NC4)n3)[nH]2)OC1. The van der Waals surface area contributed by atoms with Gasteiger partial charge in [0.25, 0.3) is 0 Å². The quantitative estimate of drug-likeness (QED) is 0.372. The average Bonchev–Trinajstić information content (AvgIpc) is 3.58. The molecule has 0 unspecified atom stereocenters. The Morgan fingerprint density at radius 1 is 1.24 bits per heavy atom. The molecule has 11 nitrogen and oxygen atoms in total. The number of benzene rings is 1. The van der Waals surface area contributed by atoms with Crippen molar-refractivity contribution in [3.8, 4) is 22.6 Å². The first-order valence-corrected chi connectivity index (χ1v) is 12.0. The Kier molecular flexibility index (Phi) is 7.22. The van der Waals surface area contributed by atoms with Gasteiger partial charge >= 0.3 is 5.97 Å². The number of nitrogens with zero attached hydrogens (tertiary/aromatic N) is 5. The number of ether oxygens (including phenoxy) is 2. The zero-order valence-corrected chi connectivity index (χ0v) is 20.4. The maximum absolute atomic E-state index is 13.6. The molecule has 12 heteroatoms. The van der Waals surface area contributed by atoms with E-state index in [1.165, 1.54) is 12.1 Å². The van der Waals surface area contributed by atoms with Crippen molar-refractivity contribution >= 4 is 18.1 Å². The molecule has 2 aliphatic heterocycles. The molecule has 2 aromatic heterocycles. The summed E-state index contributed by atoms with van der Waals surface area (Å²) in [6.45, 7) is 4.75. The van der Waals surface area contributed by atoms with Crippen LogP contribution in [0.2, 0.25) is 0 Å². The van der Waals surface area contributed by atoms with Crippen LogP contribution >= 0.6 is 0 Å². The fourth-order valence-electron chi connectivity index (χ4n) is 4.05. The highest BCUT2D eigenvalue weighted by molar-refractivity contribution is 5.77. The predicted molar refractivity (Wildman–Crippen MR) is 133 cm³/mol. The van der Waals surface area contributed by atoms with Gasteiger partial charge < -0.3 is 24.9 Å². The monoisotopic (exact) mass is 509 g/mol. The second-order valence-electron chi connectivity index (χ2n) is 9.30. The summed E-state index contributed by atoms with van der Waals surface area (Å²) < 4.78 is 25.0. The van der Waals surface area contributed by atoms with Gasteiger partial charge in [0.1, 0.15) is 11.2 Å². The van der Waals surface area contributed by atoms with Crippen LogP contribution in [0.15, 0.2) is 41.5 Å². The van der Waals surface area contributed by atoms with E-state index in [1.54, 1.807) is 31.3 Å². The molecule has 1 saturated heterocycles. The van der Waals surface area contributed by atoms with E-state index in [9.17, 15) is 14.3 Å². The lowest BCUT2D eigenvalue weighted by molar-refractivity contribution is -0.236. The van der Waals surface area contributed by atoms with Gasteiger partial charge in [0, 0.05) is 37.6 Å². The summed E-state index contributed by atoms with van der Waals surface area (Å²) in [6, 6.07) is 7.73. The molecule has 0 bridgehead atoms. The highest BCUT2D eigenvalue weighted by atomic mass is 19.1. The number of carboxylic acids is 1. The van der Waals surface area contributed by atoms with Crippen LogP contribution in [0.4, 0.5) is 10.3 Å². The third-order valence-corrected chi connectivity index (χ3v) is 6.28. The number of anilines is 1. The van der Waals surface area contributed by atoms with Crippen LogP contribution in [-0.4, -0.2) is 81.6 Å². The van der Waals surface area contributed by atoms with E-state index in [0.717, 1.165) is 26.2 Å². The molecular weight excluding hydrogens is 481 g/mol. The van der Waals surface area contributed by atoms with E-state index in [-0.39, 0.29) is 19.0 Å². The van der Waals surface area contributed by atoms with Crippen LogP contribution in [0.3, 0.4) is 0 Å². The lowest BCUT2D eigenvalue weighted by atomic mass is 9.92. The zero-order valence-electron chi connectivity index (χ0n) is 20.4. The summed E-state index contributed by atoms with van der Waals surface area (Å²) in [5.74, 6) is -0.517. The van der Waals surface area contributed by atoms with Gasteiger partial charge in [-0.25, -0.2) is 19.3 Å². The molecular formula is C25H28FN7O4. The van der Waals surface area contributed by atoms with Crippen molar-refractivity contribution in [1.82, 2.24) is 24.8 Å². The van der Waals surface area contributed by atoms with Gasteiger partial charge in [0.15, 0.2) is 5.82 Å². The van der Waals surface area contributed by atoms with Gasteiger partial charge in [0.2, 0.25) is 12.2 Å². The number of rotatable bonds is 9. The molecule has 0 aliphatic carbocycles. The average molecular weight is 510 g/mol. The van der Waals surface area contributed by atoms with Crippen molar-refractivity contribution in [3.05, 3.63) is 48.2 Å². The largest absolute Gasteiger partial charge is 0.481 e. The molecule has 3 N–H and O–H groups in total. The Morgan fingerprint density at radius 2 is 2.03 bits per heavy atom. The summed E-state index contributed by atoms with van der Waals surface area (Å²) >= 11 is 0. The number of hydrogen-bond donors (Lipinski definition) is 3. The van der Waals surface area contributed by atoms with Gasteiger partial charge in [-0.3, -0.25) is 14.7 Å². The first kappa shape index (κ1) is 24.9. The van der Waals surface area contributed by atoms with E-state index in [4.69, 9.17) is 9.47 Å². The zero-order chi connectivity index (χ0) is 25.8. The minimum atomic E-state index is -1.14. The Balaban J connectivity index is 1.36. The molecule has 1 fully saturated rings. The van der Waals surface area contributed by atoms with E-state index in [0.29, 0.717) is 41.0 Å². The number of hydrogen-bond acceptors (Lipinski definition) is 9. The summed E-state index contributed by atoms with van der Waals surface area (Å²) in [4.78, 5) is 34.9. The van der Waals surface area contributed by atoms with Crippen molar-refractivity contribution in [1.29, 1.82) is 0 Å². The number of H-pyrrole nitrogens is 1. The van der Waals surface area contributed by atoms with E-state index in [2.05, 4.69) is 35.1 Å². The number of aromatic nitrogens is 4. The van der Waals surface area contributed by atoms with Crippen molar-refractivity contribution < 1.29 is 23.8 Å². The Bertz CT molecular complexity index is 1260. The summed E-state index contributed by atoms with van der Waals surface area (Å²) in [6.07, 6.45) is 3.61. The van der Waals surface area contributed by atoms with Gasteiger partial charge in [-0.2, -0.15) is 0 Å². The number of halogens is 1. The lowest BCUT2D eigenvalue weighted by Crippen LogP contribution is -2.42. The second kappa shape index (κ2) is 10.7. The predicted octanol–water partition coefficient (Wildman–Crippen LogP) is 2.96. The van der Waals surface area contributed by atoms with E-state index in [1.807, 2.05) is 6.21 Å². The number of carbonyl (C=O) groups is 1. The number of nitrogens with one attached hydrogen (secondary N) is 2. The molecule has 0 saturated carbocycles. The maximum Gasteiger partial charge on any atom is 0.314 e. The molecule has 0 atom stereocenters. The van der Waals surface area contributed by atoms with E-state index >= 15 is 0 Å². The highest BCUT2D eigenvalue weighted by Crippen LogP contribution is 2.35. The van der Waals surface area contributed by atoms with Crippen molar-refractivity contribution in [2.75, 3.05) is 44.8 Å². The molecule has 5 rings (SSSR count). The highest BCUT2D eigenvalue weighted by Gasteiger charge is 2.41. The second-order valence-corrected chi connectivity index (χ2v) is 9.30. The number of aromatic amines is 1. The number of aliphatic imine (C=N–C) groups is 1. The molecule has 0 spiro atoms. The first-order valence-electron chi connectivity index (χ1n) is 12.0. The van der Waals surface area contributed by atoms with Crippen LogP contribution in [0.25, 0.3) is 22.6 Å². The minimum absolute atomic E-state index is 0.0277. The standard InChI is InChI=1S/C25H28FN7O4/c1-25(23(34)35)13-36-22(37-14-25)21-31-19(16-3-5-17(26)6-4-16)20(32-21)18-7-9-29-24(30-18)28-8-2-11-33-12-10-27-15-33/h3-7,9-10,22H,2,8,11-15H2,1H3,(H,31,32)(H,34,35)(H,28,29,30). The van der Waals surface area contributed by atoms with Crippen LogP contribution in [-0.2, 0) is 14.3 Å². The summed E-state index contributed by atoms with van der Waals surface area (Å²) in [7, 11) is 0. The minimum Gasteiger partial charge on any atom is -0.481 e. The fraction of sp³-hybridized carbons (Fsp3) is 0.400. The van der Waals surface area contributed by atoms with Gasteiger partial charge in [-0.05, 0) is 43.7 Å². The number of carboxylic acid groups (broad SMARTS) is 1. The number of aliphatic carboxylic acids is 1. The molecule has 4 heterocycles. The van der Waals surface area contributed by atoms with Gasteiger partial charge in [-0.1, -0.05) is 0 Å². The third kappa shape index (κ3) is 5.66. The molecule has 2 aliphatic rings. The summed E-state index contributed by atoms with van der Waals surface area (Å²) in [5, 5.41) is 12.7. The normalized spacial score (nSPS) is 21.8. The van der Waals surface area contributed by atoms with Crippen LogP contribution in [0.5, 0.6) is 0 Å². The smallest absolute Gasteiger partial charge is 0.314 e. The fourth-order valence-corrected chi connectivity index (χ4v) is 4.05. The van der Waals surface area contributed by atoms with Crippen molar-refractivity contribution in [2.24, 2.45) is 10.4 Å². The van der Waals surface area contributed by atoms with Crippen molar-refractivity contribution in [2.45, 2.75) is 19.6 Å². The van der Waals surface area contributed by atoms with Crippen LogP contribution < -0.4 is 5.32 Å². The molecule has 194 valence electrons.